The van der Waals surface area contributed by atoms with Crippen LogP contribution in [-0.2, 0) is 11.8 Å². The lowest BCUT2D eigenvalue weighted by Crippen LogP contribution is -2.19. The Morgan fingerprint density at radius 3 is 2.24 bits per heavy atom. The van der Waals surface area contributed by atoms with E-state index < -0.39 is 0 Å². The van der Waals surface area contributed by atoms with Crippen LogP contribution in [0.3, 0.4) is 0 Å². The minimum absolute atomic E-state index is 0.151. The van der Waals surface area contributed by atoms with E-state index in [-0.39, 0.29) is 17.1 Å². The van der Waals surface area contributed by atoms with Crippen molar-refractivity contribution in [3.63, 3.8) is 0 Å². The molecular weight excluding hydrogens is 366 g/mol. The van der Waals surface area contributed by atoms with Gasteiger partial charge >= 0.3 is 0 Å². The predicted octanol–water partition coefficient (Wildman–Crippen LogP) is 3.96. The Hall–Kier alpha value is -3.67. The number of aromatic nitrogens is 2. The van der Waals surface area contributed by atoms with Crippen molar-refractivity contribution in [1.82, 2.24) is 9.36 Å². The molecule has 2 aromatic carbocycles. The number of phenols is 1. The monoisotopic (exact) mass is 389 g/mol. The third-order valence-electron chi connectivity index (χ3n) is 4.78. The Bertz CT molecular complexity index is 1160. The first kappa shape index (κ1) is 20.1. The lowest BCUT2D eigenvalue weighted by atomic mass is 10.0. The molecule has 1 N–H and O–H groups in total. The second-order valence-corrected chi connectivity index (χ2v) is 6.81. The molecule has 0 saturated heterocycles. The van der Waals surface area contributed by atoms with E-state index in [4.69, 9.17) is 0 Å². The number of hydrogen-bond acceptors (Lipinski definition) is 4. The predicted molar refractivity (Wildman–Crippen MR) is 115 cm³/mol. The summed E-state index contributed by atoms with van der Waals surface area (Å²) in [5.41, 5.74) is 3.12. The highest BCUT2D eigenvalue weighted by Gasteiger charge is 2.17. The third-order valence-corrected chi connectivity index (χ3v) is 4.78. The Labute approximate surface area is 169 Å². The second-order valence-electron chi connectivity index (χ2n) is 6.81. The SMILES string of the molecule is CC(=O)/C(=C/c1ccc(O)cc1)C(C)=Nc1c(C)n(C)n(-c2ccccc2)c1=O. The van der Waals surface area contributed by atoms with Gasteiger partial charge in [0.25, 0.3) is 5.56 Å². The normalized spacial score (nSPS) is 12.3. The van der Waals surface area contributed by atoms with Gasteiger partial charge in [-0.25, -0.2) is 9.67 Å². The number of allylic oxidation sites excluding steroid dienone is 1. The molecule has 0 amide bonds. The summed E-state index contributed by atoms with van der Waals surface area (Å²) in [6.45, 7) is 5.00. The quantitative estimate of drug-likeness (QED) is 0.530. The number of Topliss-reactive ketones (excluding diaryl/α,β-unsaturated/α-hetero) is 1. The van der Waals surface area contributed by atoms with Crippen molar-refractivity contribution in [2.45, 2.75) is 20.8 Å². The van der Waals surface area contributed by atoms with Crippen molar-refractivity contribution in [1.29, 1.82) is 0 Å². The fourth-order valence-corrected chi connectivity index (χ4v) is 3.11. The van der Waals surface area contributed by atoms with Gasteiger partial charge in [-0.15, -0.1) is 0 Å². The van der Waals surface area contributed by atoms with Crippen LogP contribution in [-0.4, -0.2) is 26.0 Å². The number of para-hydroxylation sites is 1. The van der Waals surface area contributed by atoms with E-state index in [1.165, 1.54) is 6.92 Å². The van der Waals surface area contributed by atoms with Crippen LogP contribution in [0.25, 0.3) is 11.8 Å². The van der Waals surface area contributed by atoms with Gasteiger partial charge in [-0.2, -0.15) is 0 Å². The number of benzene rings is 2. The number of ketones is 1. The number of carbonyl (C=O) groups is 1. The molecular formula is C23H23N3O3. The summed E-state index contributed by atoms with van der Waals surface area (Å²) < 4.78 is 3.31. The van der Waals surface area contributed by atoms with Crippen molar-refractivity contribution < 1.29 is 9.90 Å². The largest absolute Gasteiger partial charge is 0.508 e. The Kier molecular flexibility index (Phi) is 5.64. The summed E-state index contributed by atoms with van der Waals surface area (Å²) in [7, 11) is 1.80. The Morgan fingerprint density at radius 2 is 1.66 bits per heavy atom. The minimum Gasteiger partial charge on any atom is -0.508 e. The van der Waals surface area contributed by atoms with Crippen LogP contribution in [0.4, 0.5) is 5.69 Å². The molecule has 0 spiro atoms. The van der Waals surface area contributed by atoms with Gasteiger partial charge in [-0.05, 0) is 56.7 Å². The number of nitrogens with zero attached hydrogens (tertiary/aromatic N) is 3. The molecule has 0 fully saturated rings. The summed E-state index contributed by atoms with van der Waals surface area (Å²) >= 11 is 0. The van der Waals surface area contributed by atoms with Gasteiger partial charge in [-0.1, -0.05) is 30.3 Å². The van der Waals surface area contributed by atoms with Crippen molar-refractivity contribution >= 4 is 23.3 Å². The summed E-state index contributed by atoms with van der Waals surface area (Å²) in [6, 6.07) is 15.9. The van der Waals surface area contributed by atoms with E-state index >= 15 is 0 Å². The summed E-state index contributed by atoms with van der Waals surface area (Å²) in [4.78, 5) is 29.8. The van der Waals surface area contributed by atoms with Crippen LogP contribution in [0.2, 0.25) is 0 Å². The molecule has 6 nitrogen and oxygen atoms in total. The summed E-state index contributed by atoms with van der Waals surface area (Å²) in [6.07, 6.45) is 1.70. The molecule has 0 bridgehead atoms. The maximum Gasteiger partial charge on any atom is 0.297 e. The zero-order chi connectivity index (χ0) is 21.1. The molecule has 0 atom stereocenters. The summed E-state index contributed by atoms with van der Waals surface area (Å²) in [5.74, 6) is -0.00502. The van der Waals surface area contributed by atoms with Gasteiger partial charge in [0.15, 0.2) is 11.5 Å². The molecule has 6 heteroatoms. The van der Waals surface area contributed by atoms with Crippen LogP contribution in [0, 0.1) is 6.92 Å². The van der Waals surface area contributed by atoms with E-state index in [2.05, 4.69) is 4.99 Å². The molecule has 1 aromatic heterocycles. The Morgan fingerprint density at radius 1 is 1.03 bits per heavy atom. The molecule has 0 aliphatic rings. The number of aromatic hydroxyl groups is 1. The van der Waals surface area contributed by atoms with Crippen LogP contribution in [0.1, 0.15) is 25.1 Å². The highest BCUT2D eigenvalue weighted by atomic mass is 16.3. The van der Waals surface area contributed by atoms with E-state index in [0.29, 0.717) is 22.7 Å². The minimum atomic E-state index is -0.247. The van der Waals surface area contributed by atoms with Gasteiger partial charge in [0.05, 0.1) is 11.4 Å². The third kappa shape index (κ3) is 4.11. The molecule has 1 heterocycles. The van der Waals surface area contributed by atoms with Gasteiger partial charge < -0.3 is 5.11 Å². The maximum atomic E-state index is 13.0. The lowest BCUT2D eigenvalue weighted by molar-refractivity contribution is -0.113. The smallest absolute Gasteiger partial charge is 0.297 e. The van der Waals surface area contributed by atoms with E-state index in [1.807, 2.05) is 37.3 Å². The molecule has 0 radical (unpaired) electrons. The Balaban J connectivity index is 2.10. The number of carbonyl (C=O) groups excluding carboxylic acids is 1. The van der Waals surface area contributed by atoms with Gasteiger partial charge in [0, 0.05) is 18.3 Å². The molecule has 0 aliphatic carbocycles. The molecule has 0 unspecified atom stereocenters. The average molecular weight is 389 g/mol. The maximum absolute atomic E-state index is 13.0. The average Bonchev–Trinajstić information content (AvgIpc) is 2.91. The number of rotatable bonds is 5. The van der Waals surface area contributed by atoms with Crippen molar-refractivity contribution in [2.24, 2.45) is 12.0 Å². The molecule has 3 rings (SSSR count). The van der Waals surface area contributed by atoms with E-state index in [0.717, 1.165) is 11.3 Å². The van der Waals surface area contributed by atoms with Gasteiger partial charge in [0.2, 0.25) is 0 Å². The zero-order valence-electron chi connectivity index (χ0n) is 16.9. The fraction of sp³-hybridized carbons (Fsp3) is 0.174. The first-order valence-corrected chi connectivity index (χ1v) is 9.21. The molecule has 0 saturated carbocycles. The zero-order valence-corrected chi connectivity index (χ0v) is 16.9. The van der Waals surface area contributed by atoms with Crippen molar-refractivity contribution in [3.8, 4) is 11.4 Å². The topological polar surface area (TPSA) is 76.6 Å². The number of hydrogen-bond donors (Lipinski definition) is 1. The highest BCUT2D eigenvalue weighted by Crippen LogP contribution is 2.20. The molecule has 29 heavy (non-hydrogen) atoms. The number of phenolic OH excluding ortho intramolecular Hbond substituents is 1. The van der Waals surface area contributed by atoms with Crippen LogP contribution in [0.15, 0.2) is 70.0 Å². The van der Waals surface area contributed by atoms with Crippen LogP contribution < -0.4 is 5.56 Å². The number of aliphatic imine (C=N–C) groups is 1. The van der Waals surface area contributed by atoms with Crippen LogP contribution >= 0.6 is 0 Å². The van der Waals surface area contributed by atoms with Crippen LogP contribution in [0.5, 0.6) is 5.75 Å². The first-order valence-electron chi connectivity index (χ1n) is 9.21. The van der Waals surface area contributed by atoms with Crippen molar-refractivity contribution in [3.05, 3.63) is 81.8 Å². The highest BCUT2D eigenvalue weighted by molar-refractivity contribution is 6.24. The van der Waals surface area contributed by atoms with E-state index in [9.17, 15) is 14.7 Å². The second kappa shape index (κ2) is 8.14. The molecule has 3 aromatic rings. The first-order chi connectivity index (χ1) is 13.8. The standard InChI is InChI=1S/C23H23N3O3/c1-15(21(17(3)27)14-18-10-12-20(28)13-11-18)24-22-16(2)25(4)26(23(22)29)19-8-6-5-7-9-19/h5-14,28H,1-4H3/b21-14+,24-15?. The van der Waals surface area contributed by atoms with Gasteiger partial charge in [0.1, 0.15) is 5.75 Å². The molecule has 148 valence electrons. The fourth-order valence-electron chi connectivity index (χ4n) is 3.11. The van der Waals surface area contributed by atoms with E-state index in [1.54, 1.807) is 53.7 Å². The lowest BCUT2D eigenvalue weighted by Gasteiger charge is -2.07. The van der Waals surface area contributed by atoms with Gasteiger partial charge in [-0.3, -0.25) is 14.3 Å². The molecule has 0 aliphatic heterocycles. The van der Waals surface area contributed by atoms with Crippen molar-refractivity contribution in [2.75, 3.05) is 0 Å². The summed E-state index contributed by atoms with van der Waals surface area (Å²) in [5, 5.41) is 9.44.